The molecule has 154 valence electrons. The molecule has 3 amide bonds. The molecule has 0 aromatic heterocycles. The SMILES string of the molecule is CCN(CC(F)F)[C@@H](C(N)=O)C(=O)Nc1ccc(N2CCOCC2=O)cc1F. The van der Waals surface area contributed by atoms with Crippen LogP contribution in [0.1, 0.15) is 6.92 Å². The molecule has 0 saturated carbocycles. The summed E-state index contributed by atoms with van der Waals surface area (Å²) in [6.07, 6.45) is -2.78. The van der Waals surface area contributed by atoms with Gasteiger partial charge < -0.3 is 20.7 Å². The zero-order valence-electron chi connectivity index (χ0n) is 15.2. The van der Waals surface area contributed by atoms with Crippen molar-refractivity contribution in [1.82, 2.24) is 4.90 Å². The van der Waals surface area contributed by atoms with Gasteiger partial charge in [-0.25, -0.2) is 13.2 Å². The fraction of sp³-hybridized carbons (Fsp3) is 0.471. The third-order valence-corrected chi connectivity index (χ3v) is 4.17. The molecule has 2 rings (SSSR count). The number of benzene rings is 1. The Hall–Kier alpha value is -2.66. The number of anilines is 2. The number of nitrogens with one attached hydrogen (secondary N) is 1. The Morgan fingerprint density at radius 1 is 1.39 bits per heavy atom. The molecule has 1 saturated heterocycles. The van der Waals surface area contributed by atoms with Gasteiger partial charge in [-0.05, 0) is 24.7 Å². The quantitative estimate of drug-likeness (QED) is 0.619. The molecule has 28 heavy (non-hydrogen) atoms. The van der Waals surface area contributed by atoms with Crippen molar-refractivity contribution in [3.8, 4) is 0 Å². The van der Waals surface area contributed by atoms with E-state index in [1.807, 2.05) is 0 Å². The first-order chi connectivity index (χ1) is 13.2. The lowest BCUT2D eigenvalue weighted by Gasteiger charge is -2.28. The molecule has 1 aliphatic heterocycles. The van der Waals surface area contributed by atoms with E-state index in [2.05, 4.69) is 5.32 Å². The van der Waals surface area contributed by atoms with E-state index < -0.39 is 36.6 Å². The van der Waals surface area contributed by atoms with Gasteiger partial charge >= 0.3 is 0 Å². The van der Waals surface area contributed by atoms with Gasteiger partial charge in [-0.1, -0.05) is 6.92 Å². The maximum absolute atomic E-state index is 14.4. The number of rotatable bonds is 8. The highest BCUT2D eigenvalue weighted by Gasteiger charge is 2.32. The fourth-order valence-electron chi connectivity index (χ4n) is 2.83. The molecule has 1 atom stereocenters. The van der Waals surface area contributed by atoms with E-state index in [-0.39, 0.29) is 37.0 Å². The Balaban J connectivity index is 2.17. The van der Waals surface area contributed by atoms with Gasteiger partial charge in [0.1, 0.15) is 12.4 Å². The van der Waals surface area contributed by atoms with Gasteiger partial charge in [-0.3, -0.25) is 19.3 Å². The molecule has 0 bridgehead atoms. The van der Waals surface area contributed by atoms with Crippen LogP contribution >= 0.6 is 0 Å². The summed E-state index contributed by atoms with van der Waals surface area (Å²) < 4.78 is 44.8. The molecule has 3 N–H and O–H groups in total. The summed E-state index contributed by atoms with van der Waals surface area (Å²) in [6.45, 7) is 1.07. The number of nitrogens with zero attached hydrogens (tertiary/aromatic N) is 2. The number of hydrogen-bond acceptors (Lipinski definition) is 5. The molecular weight excluding hydrogens is 381 g/mol. The lowest BCUT2D eigenvalue weighted by molar-refractivity contribution is -0.133. The predicted octanol–water partition coefficient (Wildman–Crippen LogP) is 0.568. The van der Waals surface area contributed by atoms with E-state index >= 15 is 0 Å². The van der Waals surface area contributed by atoms with Crippen LogP contribution in [0.2, 0.25) is 0 Å². The van der Waals surface area contributed by atoms with Crippen molar-refractivity contribution in [3.63, 3.8) is 0 Å². The minimum Gasteiger partial charge on any atom is -0.370 e. The highest BCUT2D eigenvalue weighted by atomic mass is 19.3. The van der Waals surface area contributed by atoms with Gasteiger partial charge in [-0.15, -0.1) is 0 Å². The first kappa shape index (κ1) is 21.6. The van der Waals surface area contributed by atoms with Crippen molar-refractivity contribution in [1.29, 1.82) is 0 Å². The van der Waals surface area contributed by atoms with Crippen molar-refractivity contribution in [2.45, 2.75) is 19.4 Å². The molecule has 1 heterocycles. The summed E-state index contributed by atoms with van der Waals surface area (Å²) in [5, 5.41) is 2.19. The van der Waals surface area contributed by atoms with Crippen LogP contribution < -0.4 is 16.0 Å². The monoisotopic (exact) mass is 402 g/mol. The summed E-state index contributed by atoms with van der Waals surface area (Å²) in [5.41, 5.74) is 5.19. The van der Waals surface area contributed by atoms with Crippen molar-refractivity contribution in [3.05, 3.63) is 24.0 Å². The van der Waals surface area contributed by atoms with Gasteiger partial charge in [0.05, 0.1) is 18.8 Å². The Labute approximate surface area is 159 Å². The molecule has 1 aliphatic rings. The van der Waals surface area contributed by atoms with Gasteiger partial charge in [0.2, 0.25) is 5.91 Å². The first-order valence-corrected chi connectivity index (χ1v) is 8.54. The lowest BCUT2D eigenvalue weighted by Crippen LogP contribution is -2.53. The van der Waals surface area contributed by atoms with Crippen LogP contribution in [0.4, 0.5) is 24.5 Å². The number of nitrogens with two attached hydrogens (primary N) is 1. The number of hydrogen-bond donors (Lipinski definition) is 2. The van der Waals surface area contributed by atoms with E-state index in [4.69, 9.17) is 10.5 Å². The molecule has 0 aliphatic carbocycles. The molecular formula is C17H21F3N4O4. The van der Waals surface area contributed by atoms with E-state index in [1.54, 1.807) is 0 Å². The average molecular weight is 402 g/mol. The van der Waals surface area contributed by atoms with Crippen molar-refractivity contribution in [2.75, 3.05) is 43.1 Å². The minimum absolute atomic E-state index is 0.0358. The van der Waals surface area contributed by atoms with Gasteiger partial charge in [0.25, 0.3) is 18.2 Å². The number of ether oxygens (including phenoxy) is 1. The third-order valence-electron chi connectivity index (χ3n) is 4.17. The Morgan fingerprint density at radius 3 is 2.64 bits per heavy atom. The summed E-state index contributed by atoms with van der Waals surface area (Å²) in [6, 6.07) is 2.00. The van der Waals surface area contributed by atoms with Crippen molar-refractivity contribution < 1.29 is 32.3 Å². The fourth-order valence-corrected chi connectivity index (χ4v) is 2.83. The van der Waals surface area contributed by atoms with Crippen LogP contribution in [0.3, 0.4) is 0 Å². The Morgan fingerprint density at radius 2 is 2.11 bits per heavy atom. The van der Waals surface area contributed by atoms with E-state index in [9.17, 15) is 27.6 Å². The van der Waals surface area contributed by atoms with Crippen LogP contribution in [0.25, 0.3) is 0 Å². The highest BCUT2D eigenvalue weighted by Crippen LogP contribution is 2.23. The zero-order valence-corrected chi connectivity index (χ0v) is 15.2. The van der Waals surface area contributed by atoms with Gasteiger partial charge in [0.15, 0.2) is 6.04 Å². The number of carbonyl (C=O) groups excluding carboxylic acids is 3. The topological polar surface area (TPSA) is 105 Å². The number of amides is 3. The molecule has 1 aromatic carbocycles. The third kappa shape index (κ3) is 5.20. The van der Waals surface area contributed by atoms with Crippen molar-refractivity contribution >= 4 is 29.1 Å². The molecule has 0 unspecified atom stereocenters. The highest BCUT2D eigenvalue weighted by molar-refractivity contribution is 6.09. The van der Waals surface area contributed by atoms with Crippen LogP contribution in [0.15, 0.2) is 18.2 Å². The average Bonchev–Trinajstić information content (AvgIpc) is 2.62. The molecule has 11 heteroatoms. The van der Waals surface area contributed by atoms with Crippen LogP contribution in [-0.2, 0) is 19.1 Å². The summed E-state index contributed by atoms with van der Waals surface area (Å²) in [5.74, 6) is -3.34. The molecule has 0 spiro atoms. The van der Waals surface area contributed by atoms with Crippen molar-refractivity contribution in [2.24, 2.45) is 5.73 Å². The standard InChI is InChI=1S/C17H21F3N4O4/c1-2-23(8-13(19)20)15(16(21)26)17(27)22-12-4-3-10(7-11(12)18)24-5-6-28-9-14(24)25/h3-4,7,13,15H,2,5-6,8-9H2,1H3,(H2,21,26)(H,22,27)/t15-/m0/s1. The normalized spacial score (nSPS) is 15.8. The van der Waals surface area contributed by atoms with Crippen LogP contribution in [0.5, 0.6) is 0 Å². The maximum atomic E-state index is 14.4. The first-order valence-electron chi connectivity index (χ1n) is 8.54. The minimum atomic E-state index is -2.78. The van der Waals surface area contributed by atoms with Crippen LogP contribution in [-0.4, -0.2) is 67.9 Å². The summed E-state index contributed by atoms with van der Waals surface area (Å²) >= 11 is 0. The number of alkyl halides is 2. The number of halogens is 3. The van der Waals surface area contributed by atoms with E-state index in [0.717, 1.165) is 11.0 Å². The summed E-state index contributed by atoms with van der Waals surface area (Å²) in [4.78, 5) is 38.1. The van der Waals surface area contributed by atoms with Gasteiger partial charge in [0, 0.05) is 12.2 Å². The maximum Gasteiger partial charge on any atom is 0.253 e. The van der Waals surface area contributed by atoms with E-state index in [0.29, 0.717) is 6.61 Å². The molecule has 0 radical (unpaired) electrons. The number of carbonyl (C=O) groups is 3. The lowest BCUT2D eigenvalue weighted by atomic mass is 10.2. The molecule has 1 fully saturated rings. The number of morpholine rings is 1. The number of primary amides is 1. The van der Waals surface area contributed by atoms with Crippen LogP contribution in [0, 0.1) is 5.82 Å². The Kier molecular flexibility index (Phi) is 7.35. The predicted molar refractivity (Wildman–Crippen MR) is 94.4 cm³/mol. The molecule has 1 aromatic rings. The van der Waals surface area contributed by atoms with Gasteiger partial charge in [-0.2, -0.15) is 0 Å². The largest absolute Gasteiger partial charge is 0.370 e. The second-order valence-corrected chi connectivity index (χ2v) is 6.03. The smallest absolute Gasteiger partial charge is 0.253 e. The second kappa shape index (κ2) is 9.51. The zero-order chi connectivity index (χ0) is 20.8. The second-order valence-electron chi connectivity index (χ2n) is 6.03. The van der Waals surface area contributed by atoms with E-state index in [1.165, 1.54) is 24.0 Å². The molecule has 8 nitrogen and oxygen atoms in total. The Bertz CT molecular complexity index is 747. The summed E-state index contributed by atoms with van der Waals surface area (Å²) in [7, 11) is 0. The number of likely N-dealkylation sites (N-methyl/N-ethyl adjacent to an activating group) is 1.